The van der Waals surface area contributed by atoms with Gasteiger partial charge in [0.15, 0.2) is 0 Å². The summed E-state index contributed by atoms with van der Waals surface area (Å²) in [7, 11) is -3.63. The lowest BCUT2D eigenvalue weighted by Crippen LogP contribution is -2.28. The van der Waals surface area contributed by atoms with Crippen molar-refractivity contribution in [3.05, 3.63) is 46.6 Å². The first-order valence-electron chi connectivity index (χ1n) is 5.32. The molecule has 0 aliphatic rings. The first-order valence-corrected chi connectivity index (χ1v) is 8.00. The molecule has 2 aromatic heterocycles. The number of nitrogens with one attached hydrogen (secondary N) is 1. The molecule has 2 aromatic rings. The number of aromatic nitrogens is 1. The number of aliphatic hydroxyl groups excluding tert-OH is 1. The van der Waals surface area contributed by atoms with E-state index in [4.69, 9.17) is 11.6 Å². The number of nitrogens with zero attached hydrogens (tertiary/aromatic N) is 1. The molecule has 19 heavy (non-hydrogen) atoms. The normalized spacial score (nSPS) is 13.4. The van der Waals surface area contributed by atoms with Gasteiger partial charge in [-0.2, -0.15) is 0 Å². The molecule has 0 fully saturated rings. The van der Waals surface area contributed by atoms with Crippen LogP contribution in [0.1, 0.15) is 11.7 Å². The predicted molar refractivity (Wildman–Crippen MR) is 73.7 cm³/mol. The number of rotatable bonds is 5. The standard InChI is InChI=1S/C11H11ClN2O3S2/c12-10-1-2-11(18-10)19(16,17)14-7-9(15)8-3-5-13-6-4-8/h1-6,9,14-15H,7H2. The van der Waals surface area contributed by atoms with Crippen LogP contribution in [0.5, 0.6) is 0 Å². The molecule has 1 atom stereocenters. The minimum Gasteiger partial charge on any atom is -0.387 e. The molecule has 0 aliphatic carbocycles. The number of pyridine rings is 1. The van der Waals surface area contributed by atoms with Gasteiger partial charge in [0.25, 0.3) is 0 Å². The molecule has 0 amide bonds. The molecular weight excluding hydrogens is 308 g/mol. The highest BCUT2D eigenvalue weighted by atomic mass is 35.5. The summed E-state index contributed by atoms with van der Waals surface area (Å²) in [6, 6.07) is 6.19. The number of thiophene rings is 1. The van der Waals surface area contributed by atoms with E-state index in [2.05, 4.69) is 9.71 Å². The summed E-state index contributed by atoms with van der Waals surface area (Å²) in [4.78, 5) is 3.82. The van der Waals surface area contributed by atoms with Gasteiger partial charge in [-0.05, 0) is 29.8 Å². The molecule has 0 saturated heterocycles. The van der Waals surface area contributed by atoms with Gasteiger partial charge in [-0.3, -0.25) is 4.98 Å². The molecule has 102 valence electrons. The lowest BCUT2D eigenvalue weighted by Gasteiger charge is -2.11. The molecule has 2 heterocycles. The molecule has 0 bridgehead atoms. The van der Waals surface area contributed by atoms with Crippen molar-refractivity contribution >= 4 is 33.0 Å². The van der Waals surface area contributed by atoms with Crippen molar-refractivity contribution in [1.29, 1.82) is 0 Å². The van der Waals surface area contributed by atoms with Gasteiger partial charge in [0.05, 0.1) is 10.4 Å². The monoisotopic (exact) mass is 318 g/mol. The van der Waals surface area contributed by atoms with Gasteiger partial charge >= 0.3 is 0 Å². The molecular formula is C11H11ClN2O3S2. The summed E-state index contributed by atoms with van der Waals surface area (Å²) in [6.45, 7) is -0.109. The van der Waals surface area contributed by atoms with Crippen LogP contribution in [0.2, 0.25) is 4.34 Å². The van der Waals surface area contributed by atoms with E-state index >= 15 is 0 Å². The fraction of sp³-hybridized carbons (Fsp3) is 0.182. The Labute approximate surface area is 119 Å². The Kier molecular flexibility index (Phi) is 4.54. The van der Waals surface area contributed by atoms with Gasteiger partial charge in [-0.15, -0.1) is 11.3 Å². The Bertz CT molecular complexity index is 643. The minimum atomic E-state index is -3.63. The second-order valence-electron chi connectivity index (χ2n) is 3.71. The number of sulfonamides is 1. The quantitative estimate of drug-likeness (QED) is 0.881. The molecule has 1 unspecified atom stereocenters. The van der Waals surface area contributed by atoms with Gasteiger partial charge < -0.3 is 5.11 Å². The van der Waals surface area contributed by atoms with Gasteiger partial charge in [0, 0.05) is 18.9 Å². The Balaban J connectivity index is 2.03. The van der Waals surface area contributed by atoms with E-state index in [0.717, 1.165) is 11.3 Å². The maximum atomic E-state index is 11.9. The Morgan fingerprint density at radius 2 is 2.00 bits per heavy atom. The van der Waals surface area contributed by atoms with Crippen LogP contribution in [-0.4, -0.2) is 25.1 Å². The highest BCUT2D eigenvalue weighted by Crippen LogP contribution is 2.25. The topological polar surface area (TPSA) is 79.3 Å². The molecule has 0 aromatic carbocycles. The molecule has 0 radical (unpaired) electrons. The lowest BCUT2D eigenvalue weighted by molar-refractivity contribution is 0.182. The van der Waals surface area contributed by atoms with Gasteiger partial charge in [0.2, 0.25) is 10.0 Å². The van der Waals surface area contributed by atoms with Crippen LogP contribution < -0.4 is 4.72 Å². The average Bonchev–Trinajstić information content (AvgIpc) is 2.85. The Morgan fingerprint density at radius 1 is 1.32 bits per heavy atom. The van der Waals surface area contributed by atoms with Crippen LogP contribution in [-0.2, 0) is 10.0 Å². The van der Waals surface area contributed by atoms with Crippen molar-refractivity contribution in [3.8, 4) is 0 Å². The van der Waals surface area contributed by atoms with Crippen molar-refractivity contribution in [2.24, 2.45) is 0 Å². The van der Waals surface area contributed by atoms with Crippen LogP contribution >= 0.6 is 22.9 Å². The lowest BCUT2D eigenvalue weighted by atomic mass is 10.1. The van der Waals surface area contributed by atoms with Crippen molar-refractivity contribution < 1.29 is 13.5 Å². The fourth-order valence-corrected chi connectivity index (χ4v) is 3.97. The SMILES string of the molecule is O=S(=O)(NCC(O)c1ccncc1)c1ccc(Cl)s1. The third-order valence-electron chi connectivity index (χ3n) is 2.37. The first-order chi connectivity index (χ1) is 8.99. The first kappa shape index (κ1) is 14.4. The summed E-state index contributed by atoms with van der Waals surface area (Å²) in [5, 5.41) is 9.86. The van der Waals surface area contributed by atoms with Crippen LogP contribution in [0, 0.1) is 0 Å². The summed E-state index contributed by atoms with van der Waals surface area (Å²) in [6.07, 6.45) is 2.14. The van der Waals surface area contributed by atoms with Crippen molar-refractivity contribution in [1.82, 2.24) is 9.71 Å². The van der Waals surface area contributed by atoms with E-state index in [0.29, 0.717) is 9.90 Å². The highest BCUT2D eigenvalue weighted by Gasteiger charge is 2.18. The smallest absolute Gasteiger partial charge is 0.250 e. The van der Waals surface area contributed by atoms with E-state index in [1.165, 1.54) is 24.5 Å². The molecule has 2 N–H and O–H groups in total. The van der Waals surface area contributed by atoms with E-state index in [1.54, 1.807) is 12.1 Å². The summed E-state index contributed by atoms with van der Waals surface area (Å²) >= 11 is 6.66. The zero-order valence-corrected chi connectivity index (χ0v) is 12.0. The van der Waals surface area contributed by atoms with E-state index < -0.39 is 16.1 Å². The second kappa shape index (κ2) is 5.98. The molecule has 0 spiro atoms. The molecule has 0 saturated carbocycles. The maximum absolute atomic E-state index is 11.9. The van der Waals surface area contributed by atoms with Crippen LogP contribution in [0.25, 0.3) is 0 Å². The number of aliphatic hydroxyl groups is 1. The van der Waals surface area contributed by atoms with Crippen LogP contribution in [0.4, 0.5) is 0 Å². The van der Waals surface area contributed by atoms with E-state index in [1.807, 2.05) is 0 Å². The zero-order chi connectivity index (χ0) is 13.9. The van der Waals surface area contributed by atoms with Crippen molar-refractivity contribution in [2.75, 3.05) is 6.54 Å². The van der Waals surface area contributed by atoms with Gasteiger partial charge in [-0.1, -0.05) is 11.6 Å². The average molecular weight is 319 g/mol. The van der Waals surface area contributed by atoms with E-state index in [-0.39, 0.29) is 10.8 Å². The van der Waals surface area contributed by atoms with Crippen molar-refractivity contribution in [2.45, 2.75) is 10.3 Å². The third-order valence-corrected chi connectivity index (χ3v) is 5.52. The molecule has 2 rings (SSSR count). The predicted octanol–water partition coefficient (Wildman–Crippen LogP) is 1.81. The third kappa shape index (κ3) is 3.74. The maximum Gasteiger partial charge on any atom is 0.250 e. The van der Waals surface area contributed by atoms with Crippen LogP contribution in [0.15, 0.2) is 40.9 Å². The largest absolute Gasteiger partial charge is 0.387 e. The summed E-state index contributed by atoms with van der Waals surface area (Å²) < 4.78 is 26.7. The van der Waals surface area contributed by atoms with Crippen molar-refractivity contribution in [3.63, 3.8) is 0 Å². The minimum absolute atomic E-state index is 0.109. The second-order valence-corrected chi connectivity index (χ2v) is 7.42. The fourth-order valence-electron chi connectivity index (χ4n) is 1.41. The summed E-state index contributed by atoms with van der Waals surface area (Å²) in [5.74, 6) is 0. The number of hydrogen-bond donors (Lipinski definition) is 2. The Hall–Kier alpha value is -0.990. The van der Waals surface area contributed by atoms with Gasteiger partial charge in [0.1, 0.15) is 4.21 Å². The Morgan fingerprint density at radius 3 is 2.58 bits per heavy atom. The number of hydrogen-bond acceptors (Lipinski definition) is 5. The molecule has 0 aliphatic heterocycles. The summed E-state index contributed by atoms with van der Waals surface area (Å²) in [5.41, 5.74) is 0.599. The van der Waals surface area contributed by atoms with Crippen LogP contribution in [0.3, 0.4) is 0 Å². The molecule has 8 heteroatoms. The molecule has 5 nitrogen and oxygen atoms in total. The van der Waals surface area contributed by atoms with Gasteiger partial charge in [-0.25, -0.2) is 13.1 Å². The number of halogens is 1. The van der Waals surface area contributed by atoms with E-state index in [9.17, 15) is 13.5 Å². The highest BCUT2D eigenvalue weighted by molar-refractivity contribution is 7.91. The zero-order valence-electron chi connectivity index (χ0n) is 9.65.